The molecule has 4 heteroatoms. The topological polar surface area (TPSA) is 35.2 Å². The third kappa shape index (κ3) is 3.74. The van der Waals surface area contributed by atoms with E-state index in [0.29, 0.717) is 5.92 Å². The summed E-state index contributed by atoms with van der Waals surface area (Å²) in [6, 6.07) is 5.71. The number of ether oxygens (including phenoxy) is 1. The molecule has 0 aromatic heterocycles. The summed E-state index contributed by atoms with van der Waals surface area (Å²) >= 11 is 9.56. The zero-order chi connectivity index (χ0) is 12.1. The highest BCUT2D eigenvalue weighted by Crippen LogP contribution is 2.30. The fraction of sp³-hybridized carbons (Fsp3) is 0.500. The van der Waals surface area contributed by atoms with Crippen molar-refractivity contribution in [3.63, 3.8) is 0 Å². The number of nitrogens with two attached hydrogens (primary N) is 1. The van der Waals surface area contributed by atoms with E-state index in [9.17, 15) is 0 Å². The molecule has 0 heterocycles. The summed E-state index contributed by atoms with van der Waals surface area (Å²) in [5.74, 6) is 0.340. The van der Waals surface area contributed by atoms with Crippen LogP contribution in [-0.4, -0.2) is 13.7 Å². The van der Waals surface area contributed by atoms with Gasteiger partial charge in [-0.3, -0.25) is 0 Å². The van der Waals surface area contributed by atoms with Crippen LogP contribution in [-0.2, 0) is 4.74 Å². The molecule has 0 spiro atoms. The Kier molecular flexibility index (Phi) is 5.76. The summed E-state index contributed by atoms with van der Waals surface area (Å²) in [4.78, 5) is 0. The van der Waals surface area contributed by atoms with Gasteiger partial charge in [0.05, 0.1) is 0 Å². The lowest BCUT2D eigenvalue weighted by molar-refractivity contribution is 0.174. The molecule has 2 nitrogen and oxygen atoms in total. The molecule has 0 aliphatic heterocycles. The minimum absolute atomic E-state index is 0.0554. The Balaban J connectivity index is 2.78. The predicted molar refractivity (Wildman–Crippen MR) is 71.7 cm³/mol. The third-order valence-electron chi connectivity index (χ3n) is 2.71. The second-order valence-corrected chi connectivity index (χ2v) is 5.27. The van der Waals surface area contributed by atoms with E-state index in [0.717, 1.165) is 28.1 Å². The molecular formula is C12H17BrClNO. The molecule has 16 heavy (non-hydrogen) atoms. The van der Waals surface area contributed by atoms with Crippen molar-refractivity contribution in [3.8, 4) is 0 Å². The molecule has 1 aromatic rings. The van der Waals surface area contributed by atoms with E-state index >= 15 is 0 Å². The lowest BCUT2D eigenvalue weighted by Crippen LogP contribution is -2.20. The van der Waals surface area contributed by atoms with Crippen molar-refractivity contribution < 1.29 is 4.74 Å². The smallest absolute Gasteiger partial charge is 0.0465 e. The maximum atomic E-state index is 6.19. The normalized spacial score (nSPS) is 14.8. The van der Waals surface area contributed by atoms with Crippen molar-refractivity contribution in [2.24, 2.45) is 11.7 Å². The highest BCUT2D eigenvalue weighted by Gasteiger charge is 2.17. The number of rotatable bonds is 5. The van der Waals surface area contributed by atoms with Gasteiger partial charge in [0, 0.05) is 29.3 Å². The maximum Gasteiger partial charge on any atom is 0.0465 e. The van der Waals surface area contributed by atoms with Crippen LogP contribution in [0.4, 0.5) is 0 Å². The highest BCUT2D eigenvalue weighted by atomic mass is 79.9. The zero-order valence-electron chi connectivity index (χ0n) is 9.54. The van der Waals surface area contributed by atoms with Crippen LogP contribution in [0.15, 0.2) is 22.7 Å². The van der Waals surface area contributed by atoms with Gasteiger partial charge in [-0.2, -0.15) is 0 Å². The van der Waals surface area contributed by atoms with Crippen LogP contribution >= 0.6 is 27.5 Å². The highest BCUT2D eigenvalue weighted by molar-refractivity contribution is 9.10. The second kappa shape index (κ2) is 6.60. The predicted octanol–water partition coefficient (Wildman–Crippen LogP) is 3.77. The molecular weight excluding hydrogens is 289 g/mol. The van der Waals surface area contributed by atoms with Crippen LogP contribution in [0.25, 0.3) is 0 Å². The molecule has 0 amide bonds. The maximum absolute atomic E-state index is 6.19. The number of hydrogen-bond donors (Lipinski definition) is 1. The quantitative estimate of drug-likeness (QED) is 0.898. The van der Waals surface area contributed by atoms with Crippen molar-refractivity contribution in [3.05, 3.63) is 33.3 Å². The van der Waals surface area contributed by atoms with Crippen LogP contribution in [0.5, 0.6) is 0 Å². The first kappa shape index (κ1) is 14.0. The number of halogens is 2. The molecule has 0 radical (unpaired) electrons. The van der Waals surface area contributed by atoms with Gasteiger partial charge in [0.2, 0.25) is 0 Å². The number of hydrogen-bond acceptors (Lipinski definition) is 2. The fourth-order valence-corrected chi connectivity index (χ4v) is 2.18. The number of benzene rings is 1. The van der Waals surface area contributed by atoms with E-state index in [1.54, 1.807) is 7.11 Å². The van der Waals surface area contributed by atoms with Crippen molar-refractivity contribution >= 4 is 27.5 Å². The molecule has 2 N–H and O–H groups in total. The van der Waals surface area contributed by atoms with Crippen LogP contribution in [0.2, 0.25) is 5.02 Å². The average Bonchev–Trinajstić information content (AvgIpc) is 2.28. The van der Waals surface area contributed by atoms with E-state index in [1.807, 2.05) is 18.2 Å². The van der Waals surface area contributed by atoms with E-state index in [2.05, 4.69) is 22.9 Å². The third-order valence-corrected chi connectivity index (χ3v) is 3.54. The van der Waals surface area contributed by atoms with Crippen LogP contribution < -0.4 is 5.73 Å². The van der Waals surface area contributed by atoms with Gasteiger partial charge in [-0.15, -0.1) is 0 Å². The SMILES string of the molecule is COCCC(C)C(N)c1cc(Br)ccc1Cl. The summed E-state index contributed by atoms with van der Waals surface area (Å²) in [7, 11) is 1.70. The molecule has 2 unspecified atom stereocenters. The van der Waals surface area contributed by atoms with Crippen LogP contribution in [0.1, 0.15) is 24.9 Å². The molecule has 1 aromatic carbocycles. The number of methoxy groups -OCH3 is 1. The lowest BCUT2D eigenvalue weighted by Gasteiger charge is -2.21. The summed E-state index contributed by atoms with van der Waals surface area (Å²) < 4.78 is 6.06. The lowest BCUT2D eigenvalue weighted by atomic mass is 9.93. The first-order valence-corrected chi connectivity index (χ1v) is 6.42. The Morgan fingerprint density at radius 3 is 2.81 bits per heavy atom. The molecule has 90 valence electrons. The van der Waals surface area contributed by atoms with E-state index in [-0.39, 0.29) is 6.04 Å². The Morgan fingerprint density at radius 2 is 2.19 bits per heavy atom. The fourth-order valence-electron chi connectivity index (χ4n) is 1.56. The van der Waals surface area contributed by atoms with E-state index in [1.165, 1.54) is 0 Å². The average molecular weight is 307 g/mol. The van der Waals surface area contributed by atoms with Crippen molar-refractivity contribution in [1.82, 2.24) is 0 Å². The monoisotopic (exact) mass is 305 g/mol. The van der Waals surface area contributed by atoms with Gasteiger partial charge in [-0.25, -0.2) is 0 Å². The van der Waals surface area contributed by atoms with Crippen LogP contribution in [0.3, 0.4) is 0 Å². The summed E-state index contributed by atoms with van der Waals surface area (Å²) in [5, 5.41) is 0.722. The Bertz CT molecular complexity index is 346. The Morgan fingerprint density at radius 1 is 1.50 bits per heavy atom. The van der Waals surface area contributed by atoms with Gasteiger partial charge in [-0.1, -0.05) is 34.5 Å². The largest absolute Gasteiger partial charge is 0.385 e. The Labute approximate surface area is 110 Å². The molecule has 0 aliphatic carbocycles. The summed E-state index contributed by atoms with van der Waals surface area (Å²) in [6.45, 7) is 2.83. The van der Waals surface area contributed by atoms with E-state index in [4.69, 9.17) is 22.1 Å². The van der Waals surface area contributed by atoms with Gasteiger partial charge in [0.15, 0.2) is 0 Å². The molecule has 0 fully saturated rings. The van der Waals surface area contributed by atoms with Crippen LogP contribution in [0, 0.1) is 5.92 Å². The minimum Gasteiger partial charge on any atom is -0.385 e. The summed E-state index contributed by atoms with van der Waals surface area (Å²) in [5.41, 5.74) is 7.17. The van der Waals surface area contributed by atoms with E-state index < -0.39 is 0 Å². The van der Waals surface area contributed by atoms with Gasteiger partial charge in [-0.05, 0) is 36.1 Å². The van der Waals surface area contributed by atoms with Crippen molar-refractivity contribution in [1.29, 1.82) is 0 Å². The molecule has 2 atom stereocenters. The van der Waals surface area contributed by atoms with Gasteiger partial charge in [0.25, 0.3) is 0 Å². The zero-order valence-corrected chi connectivity index (χ0v) is 11.9. The Hall–Kier alpha value is -0.0900. The molecule has 0 bridgehead atoms. The molecule has 0 saturated carbocycles. The van der Waals surface area contributed by atoms with Crippen molar-refractivity contribution in [2.75, 3.05) is 13.7 Å². The first-order valence-electron chi connectivity index (χ1n) is 5.25. The minimum atomic E-state index is -0.0554. The summed E-state index contributed by atoms with van der Waals surface area (Å²) in [6.07, 6.45) is 0.931. The van der Waals surface area contributed by atoms with Gasteiger partial charge in [0.1, 0.15) is 0 Å². The van der Waals surface area contributed by atoms with Gasteiger partial charge < -0.3 is 10.5 Å². The molecule has 0 saturated heterocycles. The van der Waals surface area contributed by atoms with Gasteiger partial charge >= 0.3 is 0 Å². The first-order chi connectivity index (χ1) is 7.56. The standard InChI is InChI=1S/C12H17BrClNO/c1-8(5-6-16-2)12(15)10-7-9(13)3-4-11(10)14/h3-4,7-8,12H,5-6,15H2,1-2H3. The molecule has 0 aliphatic rings. The molecule has 1 rings (SSSR count). The second-order valence-electron chi connectivity index (χ2n) is 3.95. The van der Waals surface area contributed by atoms with Crippen molar-refractivity contribution in [2.45, 2.75) is 19.4 Å².